The smallest absolute Gasteiger partial charge is 0.181 e. The van der Waals surface area contributed by atoms with E-state index in [-0.39, 0.29) is 0 Å². The Kier molecular flexibility index (Phi) is 1.72. The van der Waals surface area contributed by atoms with E-state index in [1.807, 2.05) is 12.1 Å². The minimum Gasteiger partial charge on any atom is -0.451 e. The molecule has 0 radical (unpaired) electrons. The van der Waals surface area contributed by atoms with E-state index in [1.165, 1.54) is 6.39 Å². The van der Waals surface area contributed by atoms with Crippen molar-refractivity contribution in [3.8, 4) is 10.6 Å². The van der Waals surface area contributed by atoms with E-state index in [9.17, 15) is 0 Å². The van der Waals surface area contributed by atoms with Gasteiger partial charge >= 0.3 is 0 Å². The number of hydrogen-bond acceptors (Lipinski definition) is 5. The van der Waals surface area contributed by atoms with Crippen LogP contribution in [0.1, 0.15) is 0 Å². The predicted octanol–water partition coefficient (Wildman–Crippen LogP) is 2.53. The fourth-order valence-electron chi connectivity index (χ4n) is 1.44. The predicted molar refractivity (Wildman–Crippen MR) is 59.5 cm³/mol. The maximum atomic E-state index is 5.77. The van der Waals surface area contributed by atoms with E-state index in [2.05, 4.69) is 9.97 Å². The van der Waals surface area contributed by atoms with Gasteiger partial charge in [0.05, 0.1) is 4.88 Å². The van der Waals surface area contributed by atoms with Gasteiger partial charge in [-0.05, 0) is 12.1 Å². The summed E-state index contributed by atoms with van der Waals surface area (Å²) in [6, 6.07) is 3.93. The number of rotatable bonds is 1. The zero-order valence-corrected chi connectivity index (χ0v) is 8.49. The first-order chi connectivity index (χ1) is 7.34. The van der Waals surface area contributed by atoms with Crippen LogP contribution in [0.5, 0.6) is 0 Å². The molecule has 0 unspecified atom stereocenters. The van der Waals surface area contributed by atoms with Crippen LogP contribution in [0.3, 0.4) is 0 Å². The summed E-state index contributed by atoms with van der Waals surface area (Å²) in [7, 11) is 0. The molecule has 0 aromatic carbocycles. The number of nitrogens with two attached hydrogens (primary N) is 1. The second-order valence-corrected chi connectivity index (χ2v) is 4.18. The van der Waals surface area contributed by atoms with Crippen LogP contribution in [0.25, 0.3) is 20.7 Å². The van der Waals surface area contributed by atoms with Crippen molar-refractivity contribution >= 4 is 27.2 Å². The molecule has 0 saturated heterocycles. The van der Waals surface area contributed by atoms with E-state index >= 15 is 0 Å². The number of aromatic nitrogens is 2. The van der Waals surface area contributed by atoms with Crippen LogP contribution in [-0.2, 0) is 0 Å². The number of thiophene rings is 1. The molecule has 0 aliphatic heterocycles. The number of pyridine rings is 1. The van der Waals surface area contributed by atoms with Gasteiger partial charge in [0.2, 0.25) is 0 Å². The fourth-order valence-corrected chi connectivity index (χ4v) is 2.47. The number of oxazole rings is 1. The van der Waals surface area contributed by atoms with Crippen molar-refractivity contribution in [2.75, 3.05) is 5.73 Å². The molecule has 0 atom stereocenters. The maximum absolute atomic E-state index is 5.77. The number of nitrogen functional groups attached to an aromatic ring is 1. The normalized spacial score (nSPS) is 10.9. The Labute approximate surface area is 89.4 Å². The molecule has 0 aliphatic rings. The highest BCUT2D eigenvalue weighted by atomic mass is 32.1. The molecule has 0 bridgehead atoms. The summed E-state index contributed by atoms with van der Waals surface area (Å²) < 4.78 is 6.06. The average Bonchev–Trinajstić information content (AvgIpc) is 2.86. The minimum atomic E-state index is 0.554. The number of hydrogen-bond donors (Lipinski definition) is 1. The SMILES string of the molecule is Nc1nccc2sc(-c3cocn3)cc12. The van der Waals surface area contributed by atoms with Crippen molar-refractivity contribution in [1.29, 1.82) is 0 Å². The lowest BCUT2D eigenvalue weighted by Gasteiger charge is -1.91. The molecule has 3 heterocycles. The van der Waals surface area contributed by atoms with E-state index in [0.29, 0.717) is 5.82 Å². The highest BCUT2D eigenvalue weighted by Gasteiger charge is 2.08. The zero-order valence-electron chi connectivity index (χ0n) is 7.68. The minimum absolute atomic E-state index is 0.554. The van der Waals surface area contributed by atoms with Crippen molar-refractivity contribution in [3.63, 3.8) is 0 Å². The van der Waals surface area contributed by atoms with Gasteiger partial charge in [0.25, 0.3) is 0 Å². The molecule has 0 aliphatic carbocycles. The van der Waals surface area contributed by atoms with Crippen LogP contribution in [0.15, 0.2) is 35.4 Å². The van der Waals surface area contributed by atoms with Crippen LogP contribution in [-0.4, -0.2) is 9.97 Å². The molecule has 74 valence electrons. The largest absolute Gasteiger partial charge is 0.451 e. The molecule has 0 fully saturated rings. The molecule has 5 heteroatoms. The van der Waals surface area contributed by atoms with E-state index in [1.54, 1.807) is 23.8 Å². The molecule has 3 rings (SSSR count). The van der Waals surface area contributed by atoms with Crippen LogP contribution < -0.4 is 5.73 Å². The molecule has 0 spiro atoms. The van der Waals surface area contributed by atoms with Gasteiger partial charge in [0, 0.05) is 16.3 Å². The fraction of sp³-hybridized carbons (Fsp3) is 0. The van der Waals surface area contributed by atoms with Crippen LogP contribution in [0.2, 0.25) is 0 Å². The summed E-state index contributed by atoms with van der Waals surface area (Å²) in [6.45, 7) is 0. The Morgan fingerprint density at radius 2 is 2.27 bits per heavy atom. The highest BCUT2D eigenvalue weighted by Crippen LogP contribution is 2.34. The Balaban J connectivity index is 2.27. The summed E-state index contributed by atoms with van der Waals surface area (Å²) in [5.74, 6) is 0.554. The maximum Gasteiger partial charge on any atom is 0.181 e. The molecule has 4 nitrogen and oxygen atoms in total. The van der Waals surface area contributed by atoms with Crippen molar-refractivity contribution < 1.29 is 4.42 Å². The molecule has 0 amide bonds. The summed E-state index contributed by atoms with van der Waals surface area (Å²) in [6.07, 6.45) is 4.75. The van der Waals surface area contributed by atoms with Crippen molar-refractivity contribution in [2.24, 2.45) is 0 Å². The van der Waals surface area contributed by atoms with Crippen LogP contribution in [0, 0.1) is 0 Å². The molecule has 15 heavy (non-hydrogen) atoms. The van der Waals surface area contributed by atoms with E-state index < -0.39 is 0 Å². The Morgan fingerprint density at radius 3 is 3.00 bits per heavy atom. The lowest BCUT2D eigenvalue weighted by Crippen LogP contribution is -1.87. The molecule has 0 saturated carbocycles. The van der Waals surface area contributed by atoms with Gasteiger partial charge in [-0.2, -0.15) is 0 Å². The van der Waals surface area contributed by atoms with Crippen LogP contribution in [0.4, 0.5) is 5.82 Å². The summed E-state index contributed by atoms with van der Waals surface area (Å²) >= 11 is 1.63. The third-order valence-corrected chi connectivity index (χ3v) is 3.28. The lowest BCUT2D eigenvalue weighted by atomic mass is 10.3. The summed E-state index contributed by atoms with van der Waals surface area (Å²) in [5.41, 5.74) is 6.60. The van der Waals surface area contributed by atoms with Crippen LogP contribution >= 0.6 is 11.3 Å². The number of anilines is 1. The number of nitrogens with zero attached hydrogens (tertiary/aromatic N) is 2. The third-order valence-electron chi connectivity index (χ3n) is 2.16. The zero-order chi connectivity index (χ0) is 10.3. The Hall–Kier alpha value is -1.88. The average molecular weight is 217 g/mol. The van der Waals surface area contributed by atoms with Crippen molar-refractivity contribution in [1.82, 2.24) is 9.97 Å². The van der Waals surface area contributed by atoms with E-state index in [0.717, 1.165) is 20.7 Å². The molecular weight excluding hydrogens is 210 g/mol. The standard InChI is InChI=1S/C10H7N3OS/c11-10-6-3-9(7-4-14-5-13-7)15-8(6)1-2-12-10/h1-5H,(H2,11,12). The third kappa shape index (κ3) is 1.28. The van der Waals surface area contributed by atoms with Gasteiger partial charge in [-0.1, -0.05) is 0 Å². The first-order valence-electron chi connectivity index (χ1n) is 4.37. The van der Waals surface area contributed by atoms with Gasteiger partial charge in [-0.3, -0.25) is 0 Å². The molecular formula is C10H7N3OS. The quantitative estimate of drug-likeness (QED) is 0.680. The monoisotopic (exact) mass is 217 g/mol. The second kappa shape index (κ2) is 3.06. The first kappa shape index (κ1) is 8.43. The van der Waals surface area contributed by atoms with Gasteiger partial charge in [0.15, 0.2) is 6.39 Å². The van der Waals surface area contributed by atoms with Crippen molar-refractivity contribution in [3.05, 3.63) is 31.0 Å². The first-order valence-corrected chi connectivity index (χ1v) is 5.19. The Morgan fingerprint density at radius 1 is 1.33 bits per heavy atom. The van der Waals surface area contributed by atoms with E-state index in [4.69, 9.17) is 10.2 Å². The van der Waals surface area contributed by atoms with Crippen molar-refractivity contribution in [2.45, 2.75) is 0 Å². The summed E-state index contributed by atoms with van der Waals surface area (Å²) in [5, 5.41) is 0.973. The molecule has 2 N–H and O–H groups in total. The van der Waals surface area contributed by atoms with Gasteiger partial charge in [-0.25, -0.2) is 9.97 Å². The van der Waals surface area contributed by atoms with Gasteiger partial charge < -0.3 is 10.2 Å². The summed E-state index contributed by atoms with van der Waals surface area (Å²) in [4.78, 5) is 9.18. The molecule has 3 aromatic heterocycles. The Bertz CT molecular complexity index is 600. The highest BCUT2D eigenvalue weighted by molar-refractivity contribution is 7.22. The van der Waals surface area contributed by atoms with Gasteiger partial charge in [0.1, 0.15) is 17.8 Å². The number of fused-ring (bicyclic) bond motifs is 1. The lowest BCUT2D eigenvalue weighted by molar-refractivity contribution is 0.558. The molecule has 3 aromatic rings. The topological polar surface area (TPSA) is 64.9 Å². The second-order valence-electron chi connectivity index (χ2n) is 3.09. The van der Waals surface area contributed by atoms with Gasteiger partial charge in [-0.15, -0.1) is 11.3 Å².